The van der Waals surface area contributed by atoms with Crippen LogP contribution in [0.2, 0.25) is 0 Å². The van der Waals surface area contributed by atoms with Gasteiger partial charge in [0.05, 0.1) is 0 Å². The minimum absolute atomic E-state index is 0.160. The van der Waals surface area contributed by atoms with Gasteiger partial charge in [-0.1, -0.05) is 13.8 Å². The highest BCUT2D eigenvalue weighted by atomic mass is 16.7. The highest BCUT2D eigenvalue weighted by molar-refractivity contribution is 5.77. The molecule has 0 unspecified atom stereocenters. The van der Waals surface area contributed by atoms with E-state index in [1.54, 1.807) is 0 Å². The van der Waals surface area contributed by atoms with Crippen LogP contribution in [0.15, 0.2) is 0 Å². The van der Waals surface area contributed by atoms with Crippen molar-refractivity contribution in [2.75, 3.05) is 7.05 Å². The molecule has 0 rings (SSSR count). The molecule has 0 atom stereocenters. The number of carbonyl (C=O) groups excluding carboxylic acids is 2. The molecular weight excluding hydrogens is 170 g/mol. The zero-order valence-corrected chi connectivity index (χ0v) is 8.50. The molecule has 0 aromatic heterocycles. The standard InChI is InChI=1S/C9H17NO3/c1-4-6-8(11)10(3)13-9(12)7-5-2/h4-7H2,1-3H3. The molecular formula is C9H17NO3. The zero-order chi connectivity index (χ0) is 10.3. The molecule has 0 saturated heterocycles. The molecule has 4 nitrogen and oxygen atoms in total. The topological polar surface area (TPSA) is 46.6 Å². The summed E-state index contributed by atoms with van der Waals surface area (Å²) in [6.45, 7) is 3.79. The maximum Gasteiger partial charge on any atom is 0.332 e. The van der Waals surface area contributed by atoms with E-state index in [1.165, 1.54) is 7.05 Å². The van der Waals surface area contributed by atoms with Gasteiger partial charge in [0, 0.05) is 19.9 Å². The van der Waals surface area contributed by atoms with Crippen molar-refractivity contribution in [1.29, 1.82) is 0 Å². The summed E-state index contributed by atoms with van der Waals surface area (Å²) >= 11 is 0. The number of hydroxylamine groups is 2. The average molecular weight is 187 g/mol. The van der Waals surface area contributed by atoms with E-state index in [-0.39, 0.29) is 11.9 Å². The smallest absolute Gasteiger partial charge is 0.332 e. The SMILES string of the molecule is CCCC(=O)ON(C)C(=O)CCC. The zero-order valence-electron chi connectivity index (χ0n) is 8.50. The number of carbonyl (C=O) groups is 2. The molecule has 1 amide bonds. The number of nitrogens with zero attached hydrogens (tertiary/aromatic N) is 1. The fraction of sp³-hybridized carbons (Fsp3) is 0.778. The average Bonchev–Trinajstić information content (AvgIpc) is 2.05. The highest BCUT2D eigenvalue weighted by Gasteiger charge is 2.11. The molecule has 0 aromatic rings. The Morgan fingerprint density at radius 1 is 1.15 bits per heavy atom. The lowest BCUT2D eigenvalue weighted by Crippen LogP contribution is -2.29. The van der Waals surface area contributed by atoms with E-state index >= 15 is 0 Å². The lowest BCUT2D eigenvalue weighted by molar-refractivity contribution is -0.192. The van der Waals surface area contributed by atoms with Gasteiger partial charge in [-0.05, 0) is 12.8 Å². The molecule has 0 N–H and O–H groups in total. The number of hydrogen-bond acceptors (Lipinski definition) is 3. The second-order valence-corrected chi connectivity index (χ2v) is 2.85. The van der Waals surface area contributed by atoms with Gasteiger partial charge in [0.1, 0.15) is 0 Å². The summed E-state index contributed by atoms with van der Waals surface area (Å²) in [7, 11) is 1.46. The lowest BCUT2D eigenvalue weighted by Gasteiger charge is -2.15. The minimum Gasteiger partial charge on any atom is -0.338 e. The molecule has 4 heteroatoms. The van der Waals surface area contributed by atoms with Gasteiger partial charge < -0.3 is 4.84 Å². The van der Waals surface area contributed by atoms with Gasteiger partial charge in [-0.25, -0.2) is 4.79 Å². The number of amides is 1. The first-order valence-electron chi connectivity index (χ1n) is 4.59. The summed E-state index contributed by atoms with van der Waals surface area (Å²) in [4.78, 5) is 26.8. The van der Waals surface area contributed by atoms with E-state index in [0.29, 0.717) is 12.8 Å². The van der Waals surface area contributed by atoms with Crippen LogP contribution in [0.1, 0.15) is 39.5 Å². The van der Waals surface area contributed by atoms with Gasteiger partial charge in [0.2, 0.25) is 0 Å². The van der Waals surface area contributed by atoms with Crippen molar-refractivity contribution in [3.8, 4) is 0 Å². The fourth-order valence-electron chi connectivity index (χ4n) is 0.825. The highest BCUT2D eigenvalue weighted by Crippen LogP contribution is 1.98. The van der Waals surface area contributed by atoms with Crippen LogP contribution < -0.4 is 0 Å². The van der Waals surface area contributed by atoms with Gasteiger partial charge in [-0.2, -0.15) is 5.06 Å². The Morgan fingerprint density at radius 3 is 2.15 bits per heavy atom. The predicted octanol–water partition coefficient (Wildman–Crippen LogP) is 1.50. The molecule has 0 aromatic carbocycles. The van der Waals surface area contributed by atoms with Crippen LogP contribution in [0.25, 0.3) is 0 Å². The van der Waals surface area contributed by atoms with Crippen LogP contribution in [0, 0.1) is 0 Å². The molecule has 0 spiro atoms. The van der Waals surface area contributed by atoms with Crippen LogP contribution in [0.5, 0.6) is 0 Å². The van der Waals surface area contributed by atoms with E-state index in [0.717, 1.165) is 17.9 Å². The molecule has 76 valence electrons. The second-order valence-electron chi connectivity index (χ2n) is 2.85. The maximum atomic E-state index is 11.1. The molecule has 0 aliphatic rings. The van der Waals surface area contributed by atoms with Crippen molar-refractivity contribution < 1.29 is 14.4 Å². The van der Waals surface area contributed by atoms with Crippen LogP contribution in [-0.4, -0.2) is 24.0 Å². The molecule has 0 aliphatic heterocycles. The molecule has 0 bridgehead atoms. The van der Waals surface area contributed by atoms with Gasteiger partial charge in [-0.3, -0.25) is 4.79 Å². The lowest BCUT2D eigenvalue weighted by atomic mass is 10.3. The van der Waals surface area contributed by atoms with Gasteiger partial charge in [0.25, 0.3) is 5.91 Å². The van der Waals surface area contributed by atoms with E-state index < -0.39 is 0 Å². The third-order valence-corrected chi connectivity index (χ3v) is 1.51. The summed E-state index contributed by atoms with van der Waals surface area (Å²) in [6, 6.07) is 0. The van der Waals surface area contributed by atoms with Crippen LogP contribution in [0.4, 0.5) is 0 Å². The summed E-state index contributed by atoms with van der Waals surface area (Å²) in [6.07, 6.45) is 2.25. The minimum atomic E-state index is -0.352. The van der Waals surface area contributed by atoms with Crippen LogP contribution in [0.3, 0.4) is 0 Å². The molecule has 0 saturated carbocycles. The summed E-state index contributed by atoms with van der Waals surface area (Å²) in [5.74, 6) is -0.513. The van der Waals surface area contributed by atoms with E-state index in [1.807, 2.05) is 13.8 Å². The van der Waals surface area contributed by atoms with E-state index in [2.05, 4.69) is 0 Å². The molecule has 0 fully saturated rings. The number of hydrogen-bond donors (Lipinski definition) is 0. The molecule has 0 aliphatic carbocycles. The van der Waals surface area contributed by atoms with Crippen molar-refractivity contribution in [2.24, 2.45) is 0 Å². The van der Waals surface area contributed by atoms with Gasteiger partial charge >= 0.3 is 5.97 Å². The Balaban J connectivity index is 3.78. The largest absolute Gasteiger partial charge is 0.338 e. The normalized spacial score (nSPS) is 9.46. The molecule has 0 heterocycles. The molecule has 0 radical (unpaired) electrons. The predicted molar refractivity (Wildman–Crippen MR) is 48.7 cm³/mol. The fourth-order valence-corrected chi connectivity index (χ4v) is 0.825. The maximum absolute atomic E-state index is 11.1. The monoisotopic (exact) mass is 187 g/mol. The second kappa shape index (κ2) is 6.46. The Bertz CT molecular complexity index is 180. The first-order chi connectivity index (χ1) is 6.11. The first-order valence-corrected chi connectivity index (χ1v) is 4.59. The van der Waals surface area contributed by atoms with E-state index in [9.17, 15) is 9.59 Å². The number of rotatable bonds is 4. The van der Waals surface area contributed by atoms with Crippen molar-refractivity contribution in [2.45, 2.75) is 39.5 Å². The Labute approximate surface area is 78.8 Å². The van der Waals surface area contributed by atoms with Gasteiger partial charge in [-0.15, -0.1) is 0 Å². The quantitative estimate of drug-likeness (QED) is 0.626. The van der Waals surface area contributed by atoms with Crippen molar-refractivity contribution in [3.63, 3.8) is 0 Å². The summed E-state index contributed by atoms with van der Waals surface area (Å²) in [5.41, 5.74) is 0. The van der Waals surface area contributed by atoms with Crippen molar-refractivity contribution in [1.82, 2.24) is 5.06 Å². The molecule has 13 heavy (non-hydrogen) atoms. The van der Waals surface area contributed by atoms with Crippen molar-refractivity contribution >= 4 is 11.9 Å². The van der Waals surface area contributed by atoms with Crippen LogP contribution in [-0.2, 0) is 14.4 Å². The third-order valence-electron chi connectivity index (χ3n) is 1.51. The Morgan fingerprint density at radius 2 is 1.69 bits per heavy atom. The van der Waals surface area contributed by atoms with Gasteiger partial charge in [0.15, 0.2) is 0 Å². The van der Waals surface area contributed by atoms with Crippen molar-refractivity contribution in [3.05, 3.63) is 0 Å². The Kier molecular flexibility index (Phi) is 5.93. The summed E-state index contributed by atoms with van der Waals surface area (Å²) < 4.78 is 0. The first kappa shape index (κ1) is 11.9. The third kappa shape index (κ3) is 5.22. The Hall–Kier alpha value is -1.06. The summed E-state index contributed by atoms with van der Waals surface area (Å²) in [5, 5.41) is 1.02. The van der Waals surface area contributed by atoms with Crippen LogP contribution >= 0.6 is 0 Å². The van der Waals surface area contributed by atoms with E-state index in [4.69, 9.17) is 4.84 Å².